The van der Waals surface area contributed by atoms with Crippen molar-refractivity contribution >= 4 is 27.5 Å². The predicted octanol–water partition coefficient (Wildman–Crippen LogP) is 5.39. The first-order valence-electron chi connectivity index (χ1n) is 12.5. The lowest BCUT2D eigenvalue weighted by molar-refractivity contribution is 0.0263. The molecule has 37 heavy (non-hydrogen) atoms. The summed E-state index contributed by atoms with van der Waals surface area (Å²) in [5.41, 5.74) is -0.179. The first kappa shape index (κ1) is 25.1. The quantitative estimate of drug-likeness (QED) is 0.361. The van der Waals surface area contributed by atoms with Gasteiger partial charge in [-0.3, -0.25) is 4.98 Å². The topological polar surface area (TPSA) is 91.6 Å². The highest BCUT2D eigenvalue weighted by molar-refractivity contribution is 6.01. The molecule has 1 aliphatic rings. The molecule has 4 aromatic rings. The molecule has 9 heteroatoms. The number of pyridine rings is 1. The lowest BCUT2D eigenvalue weighted by Gasteiger charge is -2.26. The number of phenolic OH excluding ortho intramolecular Hbond substituents is 1. The molecule has 0 radical (unpaired) electrons. The smallest absolute Gasteiger partial charge is 0.319 e. The molecule has 1 unspecified atom stereocenters. The van der Waals surface area contributed by atoms with Gasteiger partial charge in [-0.05, 0) is 68.1 Å². The van der Waals surface area contributed by atoms with Crippen LogP contribution in [0.1, 0.15) is 39.7 Å². The summed E-state index contributed by atoms with van der Waals surface area (Å²) in [5, 5.41) is 22.4. The highest BCUT2D eigenvalue weighted by atomic mass is 19.1. The van der Waals surface area contributed by atoms with Crippen LogP contribution in [0.5, 0.6) is 11.8 Å². The van der Waals surface area contributed by atoms with E-state index in [-0.39, 0.29) is 34.5 Å². The number of hydrogen-bond acceptors (Lipinski definition) is 7. The number of phenols is 1. The van der Waals surface area contributed by atoms with Crippen LogP contribution < -0.4 is 9.64 Å². The SMILES string of the molecule is CCOc1nc(N2CCC(C(C)(C)O)C2)c2cnc(-c3cc(O)cc4ccc(F)c(CC)c34)c(F)c2n1. The molecule has 0 aliphatic carbocycles. The number of ether oxygens (including phenoxy) is 1. The van der Waals surface area contributed by atoms with Gasteiger partial charge in [0, 0.05) is 30.8 Å². The number of aromatic hydroxyl groups is 1. The summed E-state index contributed by atoms with van der Waals surface area (Å²) in [6.45, 7) is 8.65. The second-order valence-electron chi connectivity index (χ2n) is 10.0. The van der Waals surface area contributed by atoms with E-state index >= 15 is 4.39 Å². The van der Waals surface area contributed by atoms with E-state index in [0.717, 1.165) is 6.42 Å². The van der Waals surface area contributed by atoms with Gasteiger partial charge < -0.3 is 19.8 Å². The van der Waals surface area contributed by atoms with Gasteiger partial charge in [0.25, 0.3) is 0 Å². The molecule has 2 aromatic heterocycles. The Morgan fingerprint density at radius 2 is 1.95 bits per heavy atom. The highest BCUT2D eigenvalue weighted by Crippen LogP contribution is 2.40. The van der Waals surface area contributed by atoms with Crippen LogP contribution >= 0.6 is 0 Å². The number of aryl methyl sites for hydroxylation is 1. The van der Waals surface area contributed by atoms with Crippen molar-refractivity contribution in [2.75, 3.05) is 24.6 Å². The summed E-state index contributed by atoms with van der Waals surface area (Å²) >= 11 is 0. The fraction of sp³-hybridized carbons (Fsp3) is 0.393. The molecule has 0 spiro atoms. The van der Waals surface area contributed by atoms with E-state index in [2.05, 4.69) is 15.0 Å². The lowest BCUT2D eigenvalue weighted by atomic mass is 9.90. The minimum Gasteiger partial charge on any atom is -0.508 e. The van der Waals surface area contributed by atoms with Crippen molar-refractivity contribution < 1.29 is 23.7 Å². The van der Waals surface area contributed by atoms with Crippen molar-refractivity contribution in [2.24, 2.45) is 5.92 Å². The van der Waals surface area contributed by atoms with Crippen LogP contribution in [-0.4, -0.2) is 50.5 Å². The average molecular weight is 509 g/mol. The van der Waals surface area contributed by atoms with Crippen LogP contribution in [0.4, 0.5) is 14.6 Å². The molecule has 1 atom stereocenters. The molecule has 1 aliphatic heterocycles. The summed E-state index contributed by atoms with van der Waals surface area (Å²) in [7, 11) is 0. The molecule has 2 N–H and O–H groups in total. The van der Waals surface area contributed by atoms with Gasteiger partial charge >= 0.3 is 6.01 Å². The van der Waals surface area contributed by atoms with Crippen molar-refractivity contribution in [1.29, 1.82) is 0 Å². The summed E-state index contributed by atoms with van der Waals surface area (Å²) in [4.78, 5) is 15.3. The minimum absolute atomic E-state index is 0.0196. The molecule has 0 saturated carbocycles. The van der Waals surface area contributed by atoms with Crippen LogP contribution in [-0.2, 0) is 6.42 Å². The number of halogens is 2. The van der Waals surface area contributed by atoms with Gasteiger partial charge in [-0.1, -0.05) is 13.0 Å². The van der Waals surface area contributed by atoms with Crippen molar-refractivity contribution in [3.63, 3.8) is 0 Å². The first-order chi connectivity index (χ1) is 17.6. The summed E-state index contributed by atoms with van der Waals surface area (Å²) < 4.78 is 36.5. The molecule has 194 valence electrons. The first-order valence-corrected chi connectivity index (χ1v) is 12.5. The van der Waals surface area contributed by atoms with E-state index in [1.807, 2.05) is 11.8 Å². The third-order valence-corrected chi connectivity index (χ3v) is 7.17. The maximum Gasteiger partial charge on any atom is 0.319 e. The third kappa shape index (κ3) is 4.41. The van der Waals surface area contributed by atoms with Crippen LogP contribution in [0, 0.1) is 17.6 Å². The van der Waals surface area contributed by atoms with Gasteiger partial charge in [-0.2, -0.15) is 9.97 Å². The zero-order valence-corrected chi connectivity index (χ0v) is 21.3. The third-order valence-electron chi connectivity index (χ3n) is 7.17. The number of aliphatic hydroxyl groups is 1. The van der Waals surface area contributed by atoms with Crippen LogP contribution in [0.2, 0.25) is 0 Å². The molecule has 0 bridgehead atoms. The number of anilines is 1. The second kappa shape index (κ2) is 9.37. The van der Waals surface area contributed by atoms with Crippen LogP contribution in [0.3, 0.4) is 0 Å². The Morgan fingerprint density at radius 1 is 1.16 bits per heavy atom. The Labute approximate surface area is 213 Å². The Kier molecular flexibility index (Phi) is 6.35. The van der Waals surface area contributed by atoms with Crippen molar-refractivity contribution in [2.45, 2.75) is 46.1 Å². The molecular formula is C28H30F2N4O3. The second-order valence-corrected chi connectivity index (χ2v) is 10.0. The Hall–Kier alpha value is -3.59. The Bertz CT molecular complexity index is 1500. The monoisotopic (exact) mass is 508 g/mol. The molecule has 0 amide bonds. The van der Waals surface area contributed by atoms with Gasteiger partial charge in [-0.25, -0.2) is 8.78 Å². The molecule has 1 fully saturated rings. The molecule has 5 rings (SSSR count). The van der Waals surface area contributed by atoms with E-state index in [1.54, 1.807) is 26.8 Å². The predicted molar refractivity (Wildman–Crippen MR) is 139 cm³/mol. The van der Waals surface area contributed by atoms with Gasteiger partial charge in [0.1, 0.15) is 28.6 Å². The van der Waals surface area contributed by atoms with E-state index < -0.39 is 17.2 Å². The van der Waals surface area contributed by atoms with Crippen molar-refractivity contribution in [3.8, 4) is 23.0 Å². The number of nitrogens with zero attached hydrogens (tertiary/aromatic N) is 4. The summed E-state index contributed by atoms with van der Waals surface area (Å²) in [6.07, 6.45) is 2.65. The standard InChI is InChI=1S/C28H30F2N4O3/c1-5-18-21(29)8-7-15-11-17(35)12-19(22(15)18)24-23(30)25-20(13-31-24)26(33-27(32-25)37-6-2)34-10-9-16(14-34)28(3,4)36/h7-8,11-13,16,35-36H,5-6,9-10,14H2,1-4H3. The Balaban J connectivity index is 1.73. The van der Waals surface area contributed by atoms with E-state index in [1.165, 1.54) is 24.4 Å². The Morgan fingerprint density at radius 3 is 2.62 bits per heavy atom. The van der Waals surface area contributed by atoms with E-state index in [0.29, 0.717) is 53.7 Å². The average Bonchev–Trinajstić information content (AvgIpc) is 3.35. The summed E-state index contributed by atoms with van der Waals surface area (Å²) in [5.74, 6) is -0.684. The molecular weight excluding hydrogens is 478 g/mol. The zero-order chi connectivity index (χ0) is 26.5. The van der Waals surface area contributed by atoms with Crippen LogP contribution in [0.25, 0.3) is 32.9 Å². The maximum atomic E-state index is 16.3. The van der Waals surface area contributed by atoms with Crippen molar-refractivity contribution in [1.82, 2.24) is 15.0 Å². The lowest BCUT2D eigenvalue weighted by Crippen LogP contribution is -2.33. The van der Waals surface area contributed by atoms with Crippen molar-refractivity contribution in [3.05, 3.63) is 47.7 Å². The van der Waals surface area contributed by atoms with Gasteiger partial charge in [0.2, 0.25) is 0 Å². The molecule has 3 heterocycles. The molecule has 2 aromatic carbocycles. The largest absolute Gasteiger partial charge is 0.508 e. The number of rotatable bonds is 6. The summed E-state index contributed by atoms with van der Waals surface area (Å²) in [6, 6.07) is 5.87. The fourth-order valence-corrected chi connectivity index (χ4v) is 5.21. The van der Waals surface area contributed by atoms with Gasteiger partial charge in [-0.15, -0.1) is 0 Å². The fourth-order valence-electron chi connectivity index (χ4n) is 5.21. The van der Waals surface area contributed by atoms with E-state index in [9.17, 15) is 14.6 Å². The number of aromatic nitrogens is 3. The molecule has 1 saturated heterocycles. The minimum atomic E-state index is -0.861. The van der Waals surface area contributed by atoms with Gasteiger partial charge in [0.05, 0.1) is 17.6 Å². The normalized spacial score (nSPS) is 16.2. The maximum absolute atomic E-state index is 16.3. The number of hydrogen-bond donors (Lipinski definition) is 2. The number of fused-ring (bicyclic) bond motifs is 2. The van der Waals surface area contributed by atoms with E-state index in [4.69, 9.17) is 4.74 Å². The highest BCUT2D eigenvalue weighted by Gasteiger charge is 2.35. The van der Waals surface area contributed by atoms with Gasteiger partial charge in [0.15, 0.2) is 5.82 Å². The zero-order valence-electron chi connectivity index (χ0n) is 21.3. The molecule has 7 nitrogen and oxygen atoms in total. The van der Waals surface area contributed by atoms with Crippen LogP contribution in [0.15, 0.2) is 30.5 Å². The number of benzene rings is 2.